The molecule has 6 heteroatoms. The minimum Gasteiger partial charge on any atom is -0.342 e. The average Bonchev–Trinajstić information content (AvgIpc) is 3.05. The quantitative estimate of drug-likeness (QED) is 0.781. The smallest absolute Gasteiger partial charge is 0.226 e. The van der Waals surface area contributed by atoms with Crippen LogP contribution < -0.4 is 0 Å². The molecule has 2 heterocycles. The third-order valence-corrected chi connectivity index (χ3v) is 6.12. The van der Waals surface area contributed by atoms with Crippen LogP contribution in [0, 0.1) is 13.8 Å². The van der Waals surface area contributed by atoms with E-state index in [4.69, 9.17) is 0 Å². The number of carbonyl (C=O) groups excluding carboxylic acids is 2. The lowest BCUT2D eigenvalue weighted by Gasteiger charge is -2.31. The van der Waals surface area contributed by atoms with E-state index in [1.54, 1.807) is 18.9 Å². The number of amides is 2. The summed E-state index contributed by atoms with van der Waals surface area (Å²) in [5.74, 6) is 0.614. The second-order valence-electron chi connectivity index (χ2n) is 8.31. The summed E-state index contributed by atoms with van der Waals surface area (Å²) in [6.07, 6.45) is 2.33. The number of hydrogen-bond acceptors (Lipinski definition) is 3. The fourth-order valence-corrected chi connectivity index (χ4v) is 3.86. The molecule has 1 saturated heterocycles. The van der Waals surface area contributed by atoms with Crippen LogP contribution in [0.5, 0.6) is 0 Å². The molecule has 0 spiro atoms. The first-order valence-corrected chi connectivity index (χ1v) is 10.3. The molecule has 0 bridgehead atoms. The van der Waals surface area contributed by atoms with Crippen LogP contribution in [0.25, 0.3) is 0 Å². The Morgan fingerprint density at radius 2 is 1.83 bits per heavy atom. The third-order valence-electron chi connectivity index (χ3n) is 6.12. The van der Waals surface area contributed by atoms with Crippen molar-refractivity contribution in [1.29, 1.82) is 0 Å². The minimum absolute atomic E-state index is 0.0448. The van der Waals surface area contributed by atoms with Crippen molar-refractivity contribution in [3.63, 3.8) is 0 Å². The molecule has 156 valence electrons. The Labute approximate surface area is 173 Å². The molecule has 3 rings (SSSR count). The van der Waals surface area contributed by atoms with E-state index in [-0.39, 0.29) is 11.8 Å². The van der Waals surface area contributed by atoms with Crippen LogP contribution in [-0.2, 0) is 29.6 Å². The zero-order valence-electron chi connectivity index (χ0n) is 18.2. The first-order chi connectivity index (χ1) is 13.7. The van der Waals surface area contributed by atoms with Gasteiger partial charge in [0.1, 0.15) is 0 Å². The number of aryl methyl sites for hydroxylation is 3. The summed E-state index contributed by atoms with van der Waals surface area (Å²) in [7, 11) is 3.73. The number of aromatic nitrogens is 2. The molecule has 0 radical (unpaired) electrons. The zero-order valence-corrected chi connectivity index (χ0v) is 18.2. The summed E-state index contributed by atoms with van der Waals surface area (Å²) in [5, 5.41) is 4.68. The predicted molar refractivity (Wildman–Crippen MR) is 114 cm³/mol. The van der Waals surface area contributed by atoms with Crippen molar-refractivity contribution in [3.05, 3.63) is 52.3 Å². The van der Waals surface area contributed by atoms with Crippen molar-refractivity contribution in [1.82, 2.24) is 19.6 Å². The lowest BCUT2D eigenvalue weighted by Crippen LogP contribution is -2.38. The topological polar surface area (TPSA) is 58.4 Å². The molecule has 1 aliphatic rings. The van der Waals surface area contributed by atoms with E-state index in [1.807, 2.05) is 16.6 Å². The highest BCUT2D eigenvalue weighted by atomic mass is 16.2. The molecule has 1 aliphatic heterocycles. The van der Waals surface area contributed by atoms with E-state index < -0.39 is 0 Å². The van der Waals surface area contributed by atoms with Crippen LogP contribution in [0.4, 0.5) is 0 Å². The molecule has 0 unspecified atom stereocenters. The highest BCUT2D eigenvalue weighted by Crippen LogP contribution is 2.28. The van der Waals surface area contributed by atoms with Gasteiger partial charge >= 0.3 is 0 Å². The molecule has 2 aromatic rings. The molecule has 6 nitrogen and oxygen atoms in total. The Morgan fingerprint density at radius 3 is 2.45 bits per heavy atom. The van der Waals surface area contributed by atoms with Crippen LogP contribution in [0.2, 0.25) is 0 Å². The van der Waals surface area contributed by atoms with E-state index >= 15 is 0 Å². The summed E-state index contributed by atoms with van der Waals surface area (Å²) in [5.41, 5.74) is 5.68. The normalized spacial score (nSPS) is 14.9. The monoisotopic (exact) mass is 396 g/mol. The number of nitrogens with zero attached hydrogens (tertiary/aromatic N) is 4. The fourth-order valence-electron chi connectivity index (χ4n) is 3.86. The molecule has 0 N–H and O–H groups in total. The van der Waals surface area contributed by atoms with Gasteiger partial charge in [-0.25, -0.2) is 0 Å². The van der Waals surface area contributed by atoms with Crippen molar-refractivity contribution in [2.24, 2.45) is 7.05 Å². The van der Waals surface area contributed by atoms with Crippen LogP contribution in [0.1, 0.15) is 53.8 Å². The molecule has 0 aliphatic carbocycles. The van der Waals surface area contributed by atoms with Crippen molar-refractivity contribution >= 4 is 11.8 Å². The summed E-state index contributed by atoms with van der Waals surface area (Å²) in [4.78, 5) is 27.9. The van der Waals surface area contributed by atoms with E-state index in [2.05, 4.69) is 43.2 Å². The Balaban J connectivity index is 1.56. The number of likely N-dealkylation sites (tertiary alicyclic amines) is 1. The number of hydrogen-bond donors (Lipinski definition) is 0. The van der Waals surface area contributed by atoms with Crippen molar-refractivity contribution in [2.45, 2.75) is 52.5 Å². The first-order valence-electron chi connectivity index (χ1n) is 10.3. The summed E-state index contributed by atoms with van der Waals surface area (Å²) < 4.78 is 1.87. The van der Waals surface area contributed by atoms with Gasteiger partial charge in [0.05, 0.1) is 24.4 Å². The molecular weight excluding hydrogens is 364 g/mol. The molecule has 0 atom stereocenters. The van der Waals surface area contributed by atoms with Crippen molar-refractivity contribution < 1.29 is 9.59 Å². The highest BCUT2D eigenvalue weighted by Gasteiger charge is 2.26. The molecule has 1 aromatic heterocycles. The zero-order chi connectivity index (χ0) is 21.1. The Morgan fingerprint density at radius 1 is 1.14 bits per heavy atom. The van der Waals surface area contributed by atoms with Crippen LogP contribution in [0.15, 0.2) is 24.3 Å². The molecular formula is C23H32N4O2. The van der Waals surface area contributed by atoms with Gasteiger partial charge < -0.3 is 9.80 Å². The summed E-state index contributed by atoms with van der Waals surface area (Å²) >= 11 is 0. The maximum absolute atomic E-state index is 12.7. The molecule has 1 fully saturated rings. The average molecular weight is 397 g/mol. The van der Waals surface area contributed by atoms with Crippen LogP contribution in [-0.4, -0.2) is 51.5 Å². The maximum Gasteiger partial charge on any atom is 0.226 e. The summed E-state index contributed by atoms with van der Waals surface area (Å²) in [6, 6.07) is 8.37. The van der Waals surface area contributed by atoms with Gasteiger partial charge in [-0.15, -0.1) is 0 Å². The molecule has 1 aromatic carbocycles. The first kappa shape index (κ1) is 21.1. The highest BCUT2D eigenvalue weighted by molar-refractivity contribution is 5.79. The number of rotatable bonds is 5. The van der Waals surface area contributed by atoms with Gasteiger partial charge in [0.15, 0.2) is 0 Å². The minimum atomic E-state index is 0.0448. The second kappa shape index (κ2) is 8.80. The summed E-state index contributed by atoms with van der Waals surface area (Å²) in [6.45, 7) is 7.85. The largest absolute Gasteiger partial charge is 0.342 e. The van der Waals surface area contributed by atoms with Gasteiger partial charge in [0.25, 0.3) is 0 Å². The fraction of sp³-hybridized carbons (Fsp3) is 0.522. The predicted octanol–water partition coefficient (Wildman–Crippen LogP) is 2.96. The van der Waals surface area contributed by atoms with Gasteiger partial charge in [-0.05, 0) is 49.4 Å². The Hall–Kier alpha value is -2.63. The molecule has 0 saturated carbocycles. The van der Waals surface area contributed by atoms with Gasteiger partial charge in [-0.2, -0.15) is 5.10 Å². The van der Waals surface area contributed by atoms with Crippen molar-refractivity contribution in [3.8, 4) is 0 Å². The second-order valence-corrected chi connectivity index (χ2v) is 8.31. The van der Waals surface area contributed by atoms with Gasteiger partial charge in [-0.1, -0.05) is 18.2 Å². The van der Waals surface area contributed by atoms with E-state index in [9.17, 15) is 9.59 Å². The van der Waals surface area contributed by atoms with Gasteiger partial charge in [0, 0.05) is 40.0 Å². The number of carbonyl (C=O) groups is 2. The van der Waals surface area contributed by atoms with Crippen LogP contribution >= 0.6 is 0 Å². The Kier molecular flexibility index (Phi) is 6.40. The van der Waals surface area contributed by atoms with Crippen LogP contribution in [0.3, 0.4) is 0 Å². The van der Waals surface area contributed by atoms with E-state index in [0.717, 1.165) is 42.9 Å². The standard InChI is InChI=1S/C23H32N4O2/c1-16-6-7-19(12-17(16)2)13-23(29)27-10-8-20(9-11-27)22-14-21(26(5)24-22)15-25(4)18(3)28/h6-7,12,14,20H,8-11,13,15H2,1-5H3. The van der Waals surface area contributed by atoms with Gasteiger partial charge in [-0.3, -0.25) is 14.3 Å². The number of benzene rings is 1. The van der Waals surface area contributed by atoms with E-state index in [1.165, 1.54) is 11.1 Å². The van der Waals surface area contributed by atoms with Crippen molar-refractivity contribution in [2.75, 3.05) is 20.1 Å². The third kappa shape index (κ3) is 5.05. The lowest BCUT2D eigenvalue weighted by atomic mass is 9.93. The molecule has 2 amide bonds. The maximum atomic E-state index is 12.7. The lowest BCUT2D eigenvalue weighted by molar-refractivity contribution is -0.131. The molecule has 29 heavy (non-hydrogen) atoms. The van der Waals surface area contributed by atoms with E-state index in [0.29, 0.717) is 18.9 Å². The Bertz CT molecular complexity index is 894. The number of piperidine rings is 1. The SMILES string of the molecule is CC(=O)N(C)Cc1cc(C2CCN(C(=O)Cc3ccc(C)c(C)c3)CC2)nn1C. The van der Waals surface area contributed by atoms with Gasteiger partial charge in [0.2, 0.25) is 11.8 Å².